The summed E-state index contributed by atoms with van der Waals surface area (Å²) < 4.78 is 18.6. The first-order valence-electron chi connectivity index (χ1n) is 5.27. The molecule has 16 heavy (non-hydrogen) atoms. The maximum atomic E-state index is 13.1. The van der Waals surface area contributed by atoms with E-state index in [-0.39, 0.29) is 11.7 Å². The smallest absolute Gasteiger partial charge is 0.137 e. The van der Waals surface area contributed by atoms with Crippen LogP contribution in [0.4, 0.5) is 4.39 Å². The van der Waals surface area contributed by atoms with Crippen molar-refractivity contribution < 1.29 is 9.13 Å². The quantitative estimate of drug-likeness (QED) is 0.581. The molecule has 0 saturated heterocycles. The minimum absolute atomic E-state index is 0.263. The fourth-order valence-corrected chi connectivity index (χ4v) is 1.41. The number of alkyl halides is 1. The van der Waals surface area contributed by atoms with Crippen LogP contribution in [-0.4, -0.2) is 12.5 Å². The summed E-state index contributed by atoms with van der Waals surface area (Å²) in [6, 6.07) is 4.37. The fourth-order valence-electron chi connectivity index (χ4n) is 1.34. The van der Waals surface area contributed by atoms with E-state index in [1.807, 2.05) is 0 Å². The van der Waals surface area contributed by atoms with Crippen LogP contribution in [0.1, 0.15) is 18.4 Å². The van der Waals surface area contributed by atoms with Crippen molar-refractivity contribution in [2.24, 2.45) is 5.92 Å². The van der Waals surface area contributed by atoms with E-state index in [0.717, 1.165) is 0 Å². The van der Waals surface area contributed by atoms with E-state index < -0.39 is 0 Å². The minimum atomic E-state index is -0.303. The highest BCUT2D eigenvalue weighted by molar-refractivity contribution is 6.19. The van der Waals surface area contributed by atoms with Gasteiger partial charge in [0.25, 0.3) is 0 Å². The monoisotopic (exact) mass is 238 g/mol. The van der Waals surface area contributed by atoms with Crippen LogP contribution in [0.15, 0.2) is 18.2 Å². The van der Waals surface area contributed by atoms with Gasteiger partial charge in [0.2, 0.25) is 0 Å². The van der Waals surface area contributed by atoms with Crippen molar-refractivity contribution >= 4 is 11.6 Å². The maximum Gasteiger partial charge on any atom is 0.137 e. The Morgan fingerprint density at radius 2 is 2.25 bits per heavy atom. The predicted molar refractivity (Wildman–Crippen MR) is 62.2 cm³/mol. The van der Waals surface area contributed by atoms with Crippen LogP contribution in [0, 0.1) is 23.6 Å². The Labute approximate surface area is 99.6 Å². The van der Waals surface area contributed by atoms with Gasteiger partial charge >= 0.3 is 0 Å². The highest BCUT2D eigenvalue weighted by atomic mass is 35.5. The molecule has 84 valence electrons. The second kappa shape index (κ2) is 5.23. The lowest BCUT2D eigenvalue weighted by atomic mass is 10.2. The van der Waals surface area contributed by atoms with Gasteiger partial charge in [0.15, 0.2) is 0 Å². The summed E-state index contributed by atoms with van der Waals surface area (Å²) in [7, 11) is 0. The average molecular weight is 239 g/mol. The number of ether oxygens (including phenoxy) is 1. The van der Waals surface area contributed by atoms with Gasteiger partial charge in [0.1, 0.15) is 11.6 Å². The molecule has 0 bridgehead atoms. The standard InChI is InChI=1S/C13H12ClFO/c14-7-1-2-11-5-6-12(15)8-13(11)16-9-10-3-4-10/h5-6,8,10H,3-4,7,9H2. The molecule has 0 radical (unpaired) electrons. The number of hydrogen-bond acceptors (Lipinski definition) is 1. The van der Waals surface area contributed by atoms with E-state index >= 15 is 0 Å². The summed E-state index contributed by atoms with van der Waals surface area (Å²) in [5, 5.41) is 0. The normalized spacial score (nSPS) is 14.1. The summed E-state index contributed by atoms with van der Waals surface area (Å²) in [5.74, 6) is 6.72. The van der Waals surface area contributed by atoms with Gasteiger partial charge < -0.3 is 4.74 Å². The van der Waals surface area contributed by atoms with Crippen LogP contribution in [0.25, 0.3) is 0 Å². The van der Waals surface area contributed by atoms with Crippen molar-refractivity contribution in [3.63, 3.8) is 0 Å². The molecule has 0 N–H and O–H groups in total. The van der Waals surface area contributed by atoms with E-state index in [0.29, 0.717) is 23.8 Å². The first-order valence-corrected chi connectivity index (χ1v) is 5.80. The Balaban J connectivity index is 2.13. The summed E-state index contributed by atoms with van der Waals surface area (Å²) in [6.45, 7) is 0.652. The number of hydrogen-bond donors (Lipinski definition) is 0. The lowest BCUT2D eigenvalue weighted by Crippen LogP contribution is -2.01. The molecule has 0 aliphatic heterocycles. The highest BCUT2D eigenvalue weighted by Gasteiger charge is 2.22. The molecule has 1 aromatic rings. The summed E-state index contributed by atoms with van der Waals surface area (Å²) >= 11 is 5.48. The van der Waals surface area contributed by atoms with Crippen molar-refractivity contribution in [1.82, 2.24) is 0 Å². The molecule has 0 aromatic heterocycles. The molecule has 2 rings (SSSR count). The molecule has 1 nitrogen and oxygen atoms in total. The lowest BCUT2D eigenvalue weighted by molar-refractivity contribution is 0.297. The molecule has 1 fully saturated rings. The third-order valence-corrected chi connectivity index (χ3v) is 2.54. The Morgan fingerprint density at radius 3 is 2.94 bits per heavy atom. The van der Waals surface area contributed by atoms with Gasteiger partial charge in [0, 0.05) is 6.07 Å². The van der Waals surface area contributed by atoms with Crippen LogP contribution in [0.5, 0.6) is 5.75 Å². The second-order valence-electron chi connectivity index (χ2n) is 3.83. The third kappa shape index (κ3) is 3.15. The molecular weight excluding hydrogens is 227 g/mol. The van der Waals surface area contributed by atoms with Crippen molar-refractivity contribution in [3.8, 4) is 17.6 Å². The number of benzene rings is 1. The van der Waals surface area contributed by atoms with Crippen molar-refractivity contribution in [2.75, 3.05) is 12.5 Å². The Hall–Kier alpha value is -1.20. The first-order chi connectivity index (χ1) is 7.79. The topological polar surface area (TPSA) is 9.23 Å². The second-order valence-corrected chi connectivity index (χ2v) is 4.10. The van der Waals surface area contributed by atoms with E-state index in [1.165, 1.54) is 25.0 Å². The van der Waals surface area contributed by atoms with Gasteiger partial charge in [-0.15, -0.1) is 11.6 Å². The van der Waals surface area contributed by atoms with Gasteiger partial charge in [-0.25, -0.2) is 4.39 Å². The van der Waals surface area contributed by atoms with Crippen molar-refractivity contribution in [1.29, 1.82) is 0 Å². The van der Waals surface area contributed by atoms with Crippen molar-refractivity contribution in [2.45, 2.75) is 12.8 Å². The molecule has 1 saturated carbocycles. The van der Waals surface area contributed by atoms with E-state index in [9.17, 15) is 4.39 Å². The summed E-state index contributed by atoms with van der Waals surface area (Å²) in [6.07, 6.45) is 2.41. The fraction of sp³-hybridized carbons (Fsp3) is 0.385. The third-order valence-electron chi connectivity index (χ3n) is 2.40. The molecule has 1 aromatic carbocycles. The lowest BCUT2D eigenvalue weighted by Gasteiger charge is -2.07. The Kier molecular flexibility index (Phi) is 3.69. The van der Waals surface area contributed by atoms with Gasteiger partial charge in [-0.3, -0.25) is 0 Å². The molecule has 1 aliphatic carbocycles. The molecular formula is C13H12ClFO. The van der Waals surface area contributed by atoms with Crippen LogP contribution in [0.3, 0.4) is 0 Å². The van der Waals surface area contributed by atoms with E-state index in [1.54, 1.807) is 6.07 Å². The van der Waals surface area contributed by atoms with Crippen LogP contribution < -0.4 is 4.74 Å². The van der Waals surface area contributed by atoms with Crippen LogP contribution >= 0.6 is 11.6 Å². The first kappa shape index (κ1) is 11.3. The zero-order valence-electron chi connectivity index (χ0n) is 8.80. The largest absolute Gasteiger partial charge is 0.492 e. The molecule has 0 unspecified atom stereocenters. The molecule has 0 heterocycles. The Bertz CT molecular complexity index is 429. The average Bonchev–Trinajstić information content (AvgIpc) is 3.09. The van der Waals surface area contributed by atoms with E-state index in [2.05, 4.69) is 11.8 Å². The molecule has 0 spiro atoms. The van der Waals surface area contributed by atoms with Crippen molar-refractivity contribution in [3.05, 3.63) is 29.6 Å². The van der Waals surface area contributed by atoms with Gasteiger partial charge in [-0.1, -0.05) is 11.8 Å². The SMILES string of the molecule is Fc1ccc(C#CCCl)c(OCC2CC2)c1. The zero-order chi connectivity index (χ0) is 11.4. The zero-order valence-corrected chi connectivity index (χ0v) is 9.56. The van der Waals surface area contributed by atoms with Gasteiger partial charge in [0.05, 0.1) is 18.1 Å². The minimum Gasteiger partial charge on any atom is -0.492 e. The van der Waals surface area contributed by atoms with Gasteiger partial charge in [-0.2, -0.15) is 0 Å². The van der Waals surface area contributed by atoms with E-state index in [4.69, 9.17) is 16.3 Å². The van der Waals surface area contributed by atoms with Crippen LogP contribution in [-0.2, 0) is 0 Å². The predicted octanol–water partition coefficient (Wildman–Crippen LogP) is 3.20. The molecule has 1 aliphatic rings. The molecule has 0 amide bonds. The number of rotatable bonds is 3. The molecule has 3 heteroatoms. The highest BCUT2D eigenvalue weighted by Crippen LogP contribution is 2.30. The van der Waals surface area contributed by atoms with Crippen LogP contribution in [0.2, 0.25) is 0 Å². The van der Waals surface area contributed by atoms with Gasteiger partial charge in [-0.05, 0) is 30.9 Å². The summed E-state index contributed by atoms with van der Waals surface area (Å²) in [4.78, 5) is 0. The summed E-state index contributed by atoms with van der Waals surface area (Å²) in [5.41, 5.74) is 0.697. The maximum absolute atomic E-state index is 13.1. The Morgan fingerprint density at radius 1 is 1.44 bits per heavy atom. The molecule has 0 atom stereocenters. The number of halogens is 2.